The summed E-state index contributed by atoms with van der Waals surface area (Å²) in [7, 11) is 2.10. The monoisotopic (exact) mass is 250 g/mol. The van der Waals surface area contributed by atoms with E-state index in [9.17, 15) is 4.79 Å². The highest BCUT2D eigenvalue weighted by Gasteiger charge is 2.22. The molecule has 98 valence electrons. The van der Waals surface area contributed by atoms with Gasteiger partial charge in [0.25, 0.3) is 0 Å². The fourth-order valence-electron chi connectivity index (χ4n) is 2.10. The molecule has 1 aliphatic rings. The van der Waals surface area contributed by atoms with Crippen LogP contribution in [0.4, 0.5) is 5.82 Å². The van der Waals surface area contributed by atoms with Crippen molar-refractivity contribution < 1.29 is 9.90 Å². The maximum absolute atomic E-state index is 10.7. The van der Waals surface area contributed by atoms with E-state index in [0.29, 0.717) is 11.7 Å². The van der Waals surface area contributed by atoms with Crippen molar-refractivity contribution >= 4 is 11.8 Å². The second-order valence-electron chi connectivity index (χ2n) is 4.80. The third-order valence-corrected chi connectivity index (χ3v) is 3.23. The summed E-state index contributed by atoms with van der Waals surface area (Å²) >= 11 is 0. The number of likely N-dealkylation sites (tertiary alicyclic amines) is 1. The molecule has 1 aromatic heterocycles. The number of hydrogen-bond donors (Lipinski definition) is 2. The van der Waals surface area contributed by atoms with Crippen LogP contribution in [0.25, 0.3) is 0 Å². The van der Waals surface area contributed by atoms with Crippen molar-refractivity contribution in [2.24, 2.45) is 0 Å². The van der Waals surface area contributed by atoms with Crippen LogP contribution in [0, 0.1) is 0 Å². The van der Waals surface area contributed by atoms with E-state index < -0.39 is 12.0 Å². The molecular formula is C12H18N4O2. The van der Waals surface area contributed by atoms with Gasteiger partial charge in [-0.15, -0.1) is 5.10 Å². The highest BCUT2D eigenvalue weighted by atomic mass is 16.4. The minimum atomic E-state index is -0.904. The van der Waals surface area contributed by atoms with Crippen molar-refractivity contribution in [3.63, 3.8) is 0 Å². The summed E-state index contributed by atoms with van der Waals surface area (Å²) in [4.78, 5) is 13.0. The highest BCUT2D eigenvalue weighted by Crippen LogP contribution is 2.24. The van der Waals surface area contributed by atoms with Crippen LogP contribution in [-0.2, 0) is 4.79 Å². The molecule has 2 unspecified atom stereocenters. The normalized spacial score (nSPS) is 21.8. The number of aromatic nitrogens is 2. The summed E-state index contributed by atoms with van der Waals surface area (Å²) in [5.74, 6) is 0.0340. The third-order valence-electron chi connectivity index (χ3n) is 3.23. The number of nitrogens with zero attached hydrogens (tertiary/aromatic N) is 3. The molecular weight excluding hydrogens is 232 g/mol. The fraction of sp³-hybridized carbons (Fsp3) is 0.583. The van der Waals surface area contributed by atoms with Crippen molar-refractivity contribution in [2.75, 3.05) is 25.5 Å². The molecule has 6 heteroatoms. The summed E-state index contributed by atoms with van der Waals surface area (Å²) in [5, 5.41) is 19.8. The zero-order valence-corrected chi connectivity index (χ0v) is 10.6. The largest absolute Gasteiger partial charge is 0.480 e. The van der Waals surface area contributed by atoms with Crippen LogP contribution < -0.4 is 5.32 Å². The predicted octanol–water partition coefficient (Wildman–Crippen LogP) is 0.781. The summed E-state index contributed by atoms with van der Waals surface area (Å²) in [6.45, 7) is 3.67. The standard InChI is InChI=1S/C12H18N4O2/c1-8(12(17)18)13-11-4-3-10(14-15-11)9-5-6-16(2)7-9/h3-4,8-9H,5-7H2,1-2H3,(H,13,15)(H,17,18). The first kappa shape index (κ1) is 12.8. The van der Waals surface area contributed by atoms with Gasteiger partial charge in [0.15, 0.2) is 0 Å². The number of anilines is 1. The van der Waals surface area contributed by atoms with E-state index in [2.05, 4.69) is 27.5 Å². The number of nitrogens with one attached hydrogen (secondary N) is 1. The minimum Gasteiger partial charge on any atom is -0.480 e. The summed E-state index contributed by atoms with van der Waals surface area (Å²) in [5.41, 5.74) is 0.980. The number of carboxylic acid groups (broad SMARTS) is 1. The smallest absolute Gasteiger partial charge is 0.325 e. The van der Waals surface area contributed by atoms with Gasteiger partial charge in [-0.25, -0.2) is 0 Å². The van der Waals surface area contributed by atoms with Crippen molar-refractivity contribution in [2.45, 2.75) is 25.3 Å². The number of carbonyl (C=O) groups is 1. The quantitative estimate of drug-likeness (QED) is 0.822. The first-order chi connectivity index (χ1) is 8.56. The Balaban J connectivity index is 1.99. The predicted molar refractivity (Wildman–Crippen MR) is 67.6 cm³/mol. The molecule has 0 spiro atoms. The lowest BCUT2D eigenvalue weighted by atomic mass is 10.1. The lowest BCUT2D eigenvalue weighted by Gasteiger charge is -2.11. The molecule has 1 saturated heterocycles. The Kier molecular flexibility index (Phi) is 3.76. The van der Waals surface area contributed by atoms with Crippen LogP contribution in [0.15, 0.2) is 12.1 Å². The average Bonchev–Trinajstić information content (AvgIpc) is 2.76. The van der Waals surface area contributed by atoms with Gasteiger partial charge in [0, 0.05) is 12.5 Å². The van der Waals surface area contributed by atoms with Crippen molar-refractivity contribution in [1.82, 2.24) is 15.1 Å². The molecule has 1 aliphatic heterocycles. The number of likely N-dealkylation sites (N-methyl/N-ethyl adjacent to an activating group) is 1. The molecule has 6 nitrogen and oxygen atoms in total. The Morgan fingerprint density at radius 3 is 2.83 bits per heavy atom. The maximum atomic E-state index is 10.7. The molecule has 0 amide bonds. The molecule has 2 heterocycles. The molecule has 0 bridgehead atoms. The second-order valence-corrected chi connectivity index (χ2v) is 4.80. The topological polar surface area (TPSA) is 78.3 Å². The molecule has 2 atom stereocenters. The van der Waals surface area contributed by atoms with E-state index in [4.69, 9.17) is 5.11 Å². The van der Waals surface area contributed by atoms with E-state index >= 15 is 0 Å². The highest BCUT2D eigenvalue weighted by molar-refractivity contribution is 5.76. The van der Waals surface area contributed by atoms with Gasteiger partial charge in [-0.2, -0.15) is 5.10 Å². The molecule has 18 heavy (non-hydrogen) atoms. The minimum absolute atomic E-state index is 0.438. The maximum Gasteiger partial charge on any atom is 0.325 e. The van der Waals surface area contributed by atoms with E-state index in [-0.39, 0.29) is 0 Å². The van der Waals surface area contributed by atoms with Gasteiger partial charge in [0.05, 0.1) is 5.69 Å². The lowest BCUT2D eigenvalue weighted by molar-refractivity contribution is -0.137. The molecule has 1 fully saturated rings. The van der Waals surface area contributed by atoms with Gasteiger partial charge >= 0.3 is 5.97 Å². The summed E-state index contributed by atoms with van der Waals surface area (Å²) in [6, 6.07) is 3.05. The van der Waals surface area contributed by atoms with Crippen LogP contribution in [-0.4, -0.2) is 52.4 Å². The van der Waals surface area contributed by atoms with Gasteiger partial charge in [0.1, 0.15) is 11.9 Å². The van der Waals surface area contributed by atoms with Gasteiger partial charge in [0.2, 0.25) is 0 Å². The van der Waals surface area contributed by atoms with Crippen molar-refractivity contribution in [3.8, 4) is 0 Å². The Hall–Kier alpha value is -1.69. The Labute approximate surface area is 106 Å². The summed E-state index contributed by atoms with van der Waals surface area (Å²) < 4.78 is 0. The number of rotatable bonds is 4. The van der Waals surface area contributed by atoms with Gasteiger partial charge < -0.3 is 15.3 Å². The molecule has 0 saturated carbocycles. The fourth-order valence-corrected chi connectivity index (χ4v) is 2.10. The number of hydrogen-bond acceptors (Lipinski definition) is 5. The molecule has 0 aliphatic carbocycles. The molecule has 1 aromatic rings. The van der Waals surface area contributed by atoms with Crippen LogP contribution in [0.1, 0.15) is 25.0 Å². The van der Waals surface area contributed by atoms with Crippen LogP contribution >= 0.6 is 0 Å². The summed E-state index contributed by atoms with van der Waals surface area (Å²) in [6.07, 6.45) is 1.10. The molecule has 0 radical (unpaired) electrons. The Bertz CT molecular complexity index is 421. The molecule has 2 N–H and O–H groups in total. The second kappa shape index (κ2) is 5.30. The van der Waals surface area contributed by atoms with Crippen molar-refractivity contribution in [3.05, 3.63) is 17.8 Å². The van der Waals surface area contributed by atoms with Crippen LogP contribution in [0.5, 0.6) is 0 Å². The van der Waals surface area contributed by atoms with E-state index in [0.717, 1.165) is 25.2 Å². The zero-order valence-electron chi connectivity index (χ0n) is 10.6. The van der Waals surface area contributed by atoms with Crippen molar-refractivity contribution in [1.29, 1.82) is 0 Å². The van der Waals surface area contributed by atoms with Crippen LogP contribution in [0.3, 0.4) is 0 Å². The Morgan fingerprint density at radius 1 is 1.56 bits per heavy atom. The number of carboxylic acids is 1. The lowest BCUT2D eigenvalue weighted by Crippen LogP contribution is -2.26. The van der Waals surface area contributed by atoms with Gasteiger partial charge in [-0.3, -0.25) is 4.79 Å². The zero-order chi connectivity index (χ0) is 13.1. The third kappa shape index (κ3) is 2.95. The van der Waals surface area contributed by atoms with E-state index in [1.165, 1.54) is 0 Å². The number of aliphatic carboxylic acids is 1. The van der Waals surface area contributed by atoms with E-state index in [1.54, 1.807) is 13.0 Å². The van der Waals surface area contributed by atoms with Crippen LogP contribution in [0.2, 0.25) is 0 Å². The first-order valence-electron chi connectivity index (χ1n) is 6.08. The first-order valence-corrected chi connectivity index (χ1v) is 6.08. The average molecular weight is 250 g/mol. The molecule has 2 rings (SSSR count). The van der Waals surface area contributed by atoms with Gasteiger partial charge in [-0.1, -0.05) is 0 Å². The Morgan fingerprint density at radius 2 is 2.33 bits per heavy atom. The molecule has 0 aromatic carbocycles. The SMILES string of the molecule is CC(Nc1ccc(C2CCN(C)C2)nn1)C(=O)O. The van der Waals surface area contributed by atoms with Gasteiger partial charge in [-0.05, 0) is 39.1 Å². The van der Waals surface area contributed by atoms with E-state index in [1.807, 2.05) is 6.07 Å².